The zero-order valence-electron chi connectivity index (χ0n) is 19.1. The molecule has 0 saturated carbocycles. The second-order valence-corrected chi connectivity index (χ2v) is 8.65. The van der Waals surface area contributed by atoms with Crippen molar-refractivity contribution in [3.63, 3.8) is 0 Å². The summed E-state index contributed by atoms with van der Waals surface area (Å²) in [7, 11) is 3.91. The lowest BCUT2D eigenvalue weighted by molar-refractivity contribution is 0.0714. The Hall–Kier alpha value is -3.74. The van der Waals surface area contributed by atoms with E-state index in [0.29, 0.717) is 5.56 Å². The van der Waals surface area contributed by atoms with Crippen molar-refractivity contribution in [2.45, 2.75) is 38.1 Å². The third-order valence-electron chi connectivity index (χ3n) is 6.54. The molecule has 0 fully saturated rings. The normalized spacial score (nSPS) is 16.0. The predicted octanol–water partition coefficient (Wildman–Crippen LogP) is 4.60. The first-order valence-corrected chi connectivity index (χ1v) is 11.5. The highest BCUT2D eigenvalue weighted by Crippen LogP contribution is 2.37. The Balaban J connectivity index is 1.51. The Morgan fingerprint density at radius 1 is 1.00 bits per heavy atom. The van der Waals surface area contributed by atoms with E-state index in [1.165, 1.54) is 11.1 Å². The van der Waals surface area contributed by atoms with E-state index < -0.39 is 0 Å². The van der Waals surface area contributed by atoms with E-state index in [0.717, 1.165) is 49.2 Å². The Labute approximate surface area is 193 Å². The Bertz CT molecular complexity index is 1250. The van der Waals surface area contributed by atoms with Crippen LogP contribution in [0.15, 0.2) is 67.3 Å². The molecule has 2 aromatic carbocycles. The molecule has 2 aromatic heterocycles. The maximum Gasteiger partial charge on any atom is 0.254 e. The summed E-state index contributed by atoms with van der Waals surface area (Å²) >= 11 is 0. The molecule has 1 aliphatic carbocycles. The maximum absolute atomic E-state index is 13.6. The van der Waals surface area contributed by atoms with E-state index >= 15 is 0 Å². The van der Waals surface area contributed by atoms with Crippen molar-refractivity contribution in [2.24, 2.45) is 7.05 Å². The molecule has 4 aromatic rings. The monoisotopic (exact) mass is 440 g/mol. The van der Waals surface area contributed by atoms with Crippen LogP contribution in [0.2, 0.25) is 0 Å². The van der Waals surface area contributed by atoms with Crippen molar-refractivity contribution in [3.8, 4) is 16.9 Å². The van der Waals surface area contributed by atoms with Gasteiger partial charge in [-0.05, 0) is 37.5 Å². The lowest BCUT2D eigenvalue weighted by atomic mass is 9.91. The maximum atomic E-state index is 13.6. The Kier molecular flexibility index (Phi) is 5.77. The number of amides is 1. The second-order valence-electron chi connectivity index (χ2n) is 8.65. The number of rotatable bonds is 4. The smallest absolute Gasteiger partial charge is 0.254 e. The molecular formula is C26H28N6O. The minimum Gasteiger partial charge on any atom is -0.333 e. The number of carbonyl (C=O) groups excluding carboxylic acids is 1. The van der Waals surface area contributed by atoms with Gasteiger partial charge in [0.2, 0.25) is 0 Å². The highest BCUT2D eigenvalue weighted by Gasteiger charge is 2.30. The molecule has 33 heavy (non-hydrogen) atoms. The highest BCUT2D eigenvalue weighted by molar-refractivity contribution is 5.95. The molecule has 168 valence electrons. The van der Waals surface area contributed by atoms with Gasteiger partial charge in [-0.1, -0.05) is 49.2 Å². The van der Waals surface area contributed by atoms with Crippen molar-refractivity contribution in [1.82, 2.24) is 29.4 Å². The highest BCUT2D eigenvalue weighted by atomic mass is 16.2. The molecule has 2 heterocycles. The van der Waals surface area contributed by atoms with Crippen molar-refractivity contribution in [1.29, 1.82) is 0 Å². The molecule has 5 rings (SSSR count). The van der Waals surface area contributed by atoms with Gasteiger partial charge in [0.1, 0.15) is 12.7 Å². The van der Waals surface area contributed by atoms with Gasteiger partial charge in [-0.25, -0.2) is 0 Å². The number of benzene rings is 2. The molecule has 7 nitrogen and oxygen atoms in total. The molecule has 7 heteroatoms. The standard InChI is InChI=1S/C26H28N6O/c1-30(26(33)20-12-9-13-21(16-20)32-17-27-28-18-32)23-15-8-4-7-14-22-24(23)29-31(2)25(22)19-10-5-3-6-11-19/h3,5-6,9-13,16-18,23H,4,7-8,14-15H2,1-2H3. The summed E-state index contributed by atoms with van der Waals surface area (Å²) in [5, 5.41) is 12.7. The molecular weight excluding hydrogens is 412 g/mol. The summed E-state index contributed by atoms with van der Waals surface area (Å²) in [4.78, 5) is 15.5. The number of carbonyl (C=O) groups is 1. The number of fused-ring (bicyclic) bond motifs is 1. The summed E-state index contributed by atoms with van der Waals surface area (Å²) in [6, 6.07) is 18.0. The first-order chi connectivity index (χ1) is 16.1. The Morgan fingerprint density at radius 2 is 1.79 bits per heavy atom. The zero-order chi connectivity index (χ0) is 22.8. The molecule has 0 bridgehead atoms. The van der Waals surface area contributed by atoms with Crippen LogP contribution in [0.1, 0.15) is 53.3 Å². The van der Waals surface area contributed by atoms with Crippen LogP contribution in [0.5, 0.6) is 0 Å². The minimum absolute atomic E-state index is 0.00615. The van der Waals surface area contributed by atoms with Gasteiger partial charge in [0.15, 0.2) is 0 Å². The van der Waals surface area contributed by atoms with E-state index in [9.17, 15) is 4.79 Å². The van der Waals surface area contributed by atoms with E-state index in [1.807, 2.05) is 54.0 Å². The fourth-order valence-electron chi connectivity index (χ4n) is 4.87. The van der Waals surface area contributed by atoms with E-state index in [4.69, 9.17) is 5.10 Å². The van der Waals surface area contributed by atoms with Crippen LogP contribution in [0.4, 0.5) is 0 Å². The summed E-state index contributed by atoms with van der Waals surface area (Å²) < 4.78 is 3.79. The number of aromatic nitrogens is 5. The van der Waals surface area contributed by atoms with Gasteiger partial charge in [-0.3, -0.25) is 14.0 Å². The topological polar surface area (TPSA) is 68.8 Å². The molecule has 0 radical (unpaired) electrons. The number of nitrogens with zero attached hydrogens (tertiary/aromatic N) is 6. The number of aryl methyl sites for hydroxylation is 1. The SMILES string of the molecule is CN(C(=O)c1cccc(-n2cnnc2)c1)C1CCCCCc2c1nn(C)c2-c1ccccc1. The van der Waals surface area contributed by atoms with Gasteiger partial charge in [0.05, 0.1) is 17.4 Å². The van der Waals surface area contributed by atoms with Crippen molar-refractivity contribution < 1.29 is 4.79 Å². The molecule has 0 spiro atoms. The predicted molar refractivity (Wildman–Crippen MR) is 127 cm³/mol. The van der Waals surface area contributed by atoms with Crippen LogP contribution < -0.4 is 0 Å². The summed E-state index contributed by atoms with van der Waals surface area (Å²) in [5.41, 5.74) is 6.14. The Morgan fingerprint density at radius 3 is 2.58 bits per heavy atom. The molecule has 0 N–H and O–H groups in total. The molecule has 1 aliphatic rings. The molecule has 0 aliphatic heterocycles. The lowest BCUT2D eigenvalue weighted by Gasteiger charge is -2.29. The van der Waals surface area contributed by atoms with E-state index in [-0.39, 0.29) is 11.9 Å². The largest absolute Gasteiger partial charge is 0.333 e. The molecule has 0 saturated heterocycles. The fraction of sp³-hybridized carbons (Fsp3) is 0.308. The van der Waals surface area contributed by atoms with Gasteiger partial charge < -0.3 is 4.90 Å². The first kappa shape index (κ1) is 21.1. The van der Waals surface area contributed by atoms with E-state index in [1.54, 1.807) is 17.2 Å². The van der Waals surface area contributed by atoms with E-state index in [2.05, 4.69) is 34.5 Å². The summed E-state index contributed by atoms with van der Waals surface area (Å²) in [6.07, 6.45) is 8.54. The van der Waals surface area contributed by atoms with Crippen LogP contribution >= 0.6 is 0 Å². The van der Waals surface area contributed by atoms with Crippen molar-refractivity contribution in [3.05, 3.63) is 84.1 Å². The third-order valence-corrected chi connectivity index (χ3v) is 6.54. The number of hydrogen-bond acceptors (Lipinski definition) is 4. The quantitative estimate of drug-likeness (QED) is 0.465. The molecule has 1 amide bonds. The van der Waals surface area contributed by atoms with Gasteiger partial charge in [-0.2, -0.15) is 5.10 Å². The van der Waals surface area contributed by atoms with Crippen LogP contribution in [0.25, 0.3) is 16.9 Å². The lowest BCUT2D eigenvalue weighted by Crippen LogP contribution is -2.32. The third kappa shape index (κ3) is 4.06. The van der Waals surface area contributed by atoms with Crippen molar-refractivity contribution >= 4 is 5.91 Å². The van der Waals surface area contributed by atoms with Crippen LogP contribution in [0, 0.1) is 0 Å². The van der Waals surface area contributed by atoms with Gasteiger partial charge in [0, 0.05) is 36.5 Å². The average Bonchev–Trinajstić information content (AvgIpc) is 3.48. The minimum atomic E-state index is -0.0602. The van der Waals surface area contributed by atoms with Gasteiger partial charge in [-0.15, -0.1) is 10.2 Å². The number of hydrogen-bond donors (Lipinski definition) is 0. The average molecular weight is 441 g/mol. The van der Waals surface area contributed by atoms with Crippen LogP contribution in [0.3, 0.4) is 0 Å². The fourth-order valence-corrected chi connectivity index (χ4v) is 4.87. The molecule has 1 unspecified atom stereocenters. The molecule has 1 atom stereocenters. The second kappa shape index (κ2) is 9.02. The first-order valence-electron chi connectivity index (χ1n) is 11.5. The zero-order valence-corrected chi connectivity index (χ0v) is 19.1. The summed E-state index contributed by atoms with van der Waals surface area (Å²) in [5.74, 6) is -0.00615. The van der Waals surface area contributed by atoms with Crippen LogP contribution in [-0.4, -0.2) is 42.4 Å². The van der Waals surface area contributed by atoms with Crippen LogP contribution in [-0.2, 0) is 13.5 Å². The summed E-state index contributed by atoms with van der Waals surface area (Å²) in [6.45, 7) is 0. The van der Waals surface area contributed by atoms with Crippen molar-refractivity contribution in [2.75, 3.05) is 7.05 Å². The van der Waals surface area contributed by atoms with Gasteiger partial charge in [0.25, 0.3) is 5.91 Å². The van der Waals surface area contributed by atoms with Gasteiger partial charge >= 0.3 is 0 Å².